The molecule has 1 N–H and O–H groups in total. The number of hydrogen-bond donors (Lipinski definition) is 1. The van der Waals surface area contributed by atoms with Gasteiger partial charge in [-0.05, 0) is 31.9 Å². The van der Waals surface area contributed by atoms with Gasteiger partial charge in [0.05, 0.1) is 17.0 Å². The molecule has 8 heteroatoms. The monoisotopic (exact) mass is 398 g/mol. The normalized spacial score (nSPS) is 17.4. The van der Waals surface area contributed by atoms with Gasteiger partial charge in [-0.25, -0.2) is 4.98 Å². The van der Waals surface area contributed by atoms with Gasteiger partial charge in [0.2, 0.25) is 17.0 Å². The van der Waals surface area contributed by atoms with Crippen LogP contribution in [0.2, 0.25) is 0 Å². The van der Waals surface area contributed by atoms with E-state index in [0.29, 0.717) is 17.6 Å². The average molecular weight is 399 g/mol. The molecule has 4 rings (SSSR count). The van der Waals surface area contributed by atoms with Crippen molar-refractivity contribution in [1.82, 2.24) is 19.7 Å². The minimum absolute atomic E-state index is 0.0234. The standard InChI is InChI=1S/C20H26N6OS/c1-4-26-16-10-6-5-9-15(16)21-20(26)25-11-7-8-14(12-25)17(27)22-19-24-23-18(28-19)13(2)3/h5-6,9-10,13-14H,4,7-8,11-12H2,1-3H3,(H,22,24,27)/t14-/m1/s1. The molecule has 1 amide bonds. The first-order chi connectivity index (χ1) is 13.6. The van der Waals surface area contributed by atoms with Crippen LogP contribution in [0.1, 0.15) is 44.5 Å². The fourth-order valence-corrected chi connectivity index (χ4v) is 4.46. The molecular weight excluding hydrogens is 372 g/mol. The molecule has 1 aliphatic rings. The number of para-hydroxylation sites is 2. The Morgan fingerprint density at radius 2 is 2.14 bits per heavy atom. The molecule has 0 radical (unpaired) electrons. The van der Waals surface area contributed by atoms with Gasteiger partial charge >= 0.3 is 0 Å². The van der Waals surface area contributed by atoms with E-state index in [4.69, 9.17) is 4.98 Å². The van der Waals surface area contributed by atoms with Gasteiger partial charge in [-0.1, -0.05) is 37.3 Å². The minimum atomic E-state index is -0.0785. The van der Waals surface area contributed by atoms with Crippen LogP contribution >= 0.6 is 11.3 Å². The Bertz CT molecular complexity index is 978. The van der Waals surface area contributed by atoms with Gasteiger partial charge in [0, 0.05) is 25.6 Å². The van der Waals surface area contributed by atoms with E-state index in [1.54, 1.807) is 0 Å². The summed E-state index contributed by atoms with van der Waals surface area (Å²) >= 11 is 1.46. The number of aromatic nitrogens is 4. The first-order valence-electron chi connectivity index (χ1n) is 9.91. The number of rotatable bonds is 5. The Labute approximate surface area is 168 Å². The molecule has 3 heterocycles. The molecule has 1 fully saturated rings. The van der Waals surface area contributed by atoms with E-state index >= 15 is 0 Å². The van der Waals surface area contributed by atoms with Crippen molar-refractivity contribution in [2.24, 2.45) is 5.92 Å². The molecule has 0 aliphatic carbocycles. The van der Waals surface area contributed by atoms with Crippen LogP contribution in [0.25, 0.3) is 11.0 Å². The molecule has 148 valence electrons. The second-order valence-electron chi connectivity index (χ2n) is 7.52. The summed E-state index contributed by atoms with van der Waals surface area (Å²) in [5, 5.41) is 12.8. The predicted molar refractivity (Wildman–Crippen MR) is 113 cm³/mol. The Balaban J connectivity index is 1.50. The number of hydrogen-bond acceptors (Lipinski definition) is 6. The lowest BCUT2D eigenvalue weighted by atomic mass is 9.97. The van der Waals surface area contributed by atoms with E-state index < -0.39 is 0 Å². The lowest BCUT2D eigenvalue weighted by Gasteiger charge is -2.32. The van der Waals surface area contributed by atoms with Crippen molar-refractivity contribution < 1.29 is 4.79 Å². The van der Waals surface area contributed by atoms with Gasteiger partial charge in [0.15, 0.2) is 0 Å². The van der Waals surface area contributed by atoms with E-state index in [-0.39, 0.29) is 11.8 Å². The van der Waals surface area contributed by atoms with Gasteiger partial charge in [0.1, 0.15) is 5.01 Å². The first-order valence-corrected chi connectivity index (χ1v) is 10.7. The highest BCUT2D eigenvalue weighted by atomic mass is 32.1. The molecule has 1 atom stereocenters. The number of carbonyl (C=O) groups excluding carboxylic acids is 1. The van der Waals surface area contributed by atoms with Crippen LogP contribution in [0.5, 0.6) is 0 Å². The summed E-state index contributed by atoms with van der Waals surface area (Å²) in [6, 6.07) is 8.20. The second kappa shape index (κ2) is 7.87. The molecule has 0 unspecified atom stereocenters. The quantitative estimate of drug-likeness (QED) is 0.706. The number of amides is 1. The van der Waals surface area contributed by atoms with Crippen molar-refractivity contribution in [3.05, 3.63) is 29.3 Å². The zero-order valence-corrected chi connectivity index (χ0v) is 17.4. The molecular formula is C20H26N6OS. The maximum absolute atomic E-state index is 12.8. The highest BCUT2D eigenvalue weighted by molar-refractivity contribution is 7.15. The molecule has 28 heavy (non-hydrogen) atoms. The van der Waals surface area contributed by atoms with Crippen molar-refractivity contribution in [3.8, 4) is 0 Å². The van der Waals surface area contributed by atoms with Crippen molar-refractivity contribution >= 4 is 39.4 Å². The van der Waals surface area contributed by atoms with E-state index in [2.05, 4.69) is 51.8 Å². The zero-order valence-electron chi connectivity index (χ0n) is 16.6. The van der Waals surface area contributed by atoms with E-state index in [1.807, 2.05) is 18.2 Å². The third-order valence-electron chi connectivity index (χ3n) is 5.19. The van der Waals surface area contributed by atoms with Crippen LogP contribution < -0.4 is 10.2 Å². The highest BCUT2D eigenvalue weighted by Crippen LogP contribution is 2.28. The number of imidazole rings is 1. The summed E-state index contributed by atoms with van der Waals surface area (Å²) in [7, 11) is 0. The number of nitrogens with zero attached hydrogens (tertiary/aromatic N) is 5. The Morgan fingerprint density at radius 3 is 2.89 bits per heavy atom. The average Bonchev–Trinajstić information content (AvgIpc) is 3.32. The summed E-state index contributed by atoms with van der Waals surface area (Å²) in [5.41, 5.74) is 2.14. The number of carbonyl (C=O) groups is 1. The second-order valence-corrected chi connectivity index (χ2v) is 8.53. The van der Waals surface area contributed by atoms with Crippen molar-refractivity contribution in [2.45, 2.75) is 46.1 Å². The number of anilines is 2. The summed E-state index contributed by atoms with van der Waals surface area (Å²) in [6.45, 7) is 8.73. The fourth-order valence-electron chi connectivity index (χ4n) is 3.71. The lowest BCUT2D eigenvalue weighted by Crippen LogP contribution is -2.41. The van der Waals surface area contributed by atoms with Crippen LogP contribution in [0.15, 0.2) is 24.3 Å². The molecule has 1 aromatic carbocycles. The van der Waals surface area contributed by atoms with Crippen molar-refractivity contribution in [2.75, 3.05) is 23.3 Å². The third kappa shape index (κ3) is 3.61. The molecule has 1 aliphatic heterocycles. The molecule has 0 bridgehead atoms. The van der Waals surface area contributed by atoms with Gasteiger partial charge < -0.3 is 14.8 Å². The third-order valence-corrected chi connectivity index (χ3v) is 6.33. The number of piperidine rings is 1. The van der Waals surface area contributed by atoms with Crippen LogP contribution in [0.3, 0.4) is 0 Å². The first kappa shape index (κ1) is 18.9. The molecule has 2 aromatic heterocycles. The maximum Gasteiger partial charge on any atom is 0.231 e. The number of benzene rings is 1. The molecule has 0 saturated carbocycles. The summed E-state index contributed by atoms with van der Waals surface area (Å²) in [6.07, 6.45) is 1.85. The summed E-state index contributed by atoms with van der Waals surface area (Å²) in [4.78, 5) is 19.9. The largest absolute Gasteiger partial charge is 0.341 e. The lowest BCUT2D eigenvalue weighted by molar-refractivity contribution is -0.120. The highest BCUT2D eigenvalue weighted by Gasteiger charge is 2.29. The topological polar surface area (TPSA) is 75.9 Å². The van der Waals surface area contributed by atoms with Gasteiger partial charge in [-0.2, -0.15) is 0 Å². The Kier molecular flexibility index (Phi) is 5.30. The predicted octanol–water partition coefficient (Wildman–Crippen LogP) is 3.89. The van der Waals surface area contributed by atoms with E-state index in [1.165, 1.54) is 11.3 Å². The number of aryl methyl sites for hydroxylation is 1. The molecule has 1 saturated heterocycles. The van der Waals surface area contributed by atoms with E-state index in [9.17, 15) is 4.79 Å². The van der Waals surface area contributed by atoms with Gasteiger partial charge in [0.25, 0.3) is 0 Å². The molecule has 0 spiro atoms. The van der Waals surface area contributed by atoms with Crippen LogP contribution in [-0.2, 0) is 11.3 Å². The van der Waals surface area contributed by atoms with Crippen LogP contribution in [0.4, 0.5) is 11.1 Å². The smallest absolute Gasteiger partial charge is 0.231 e. The zero-order chi connectivity index (χ0) is 19.7. The number of nitrogens with one attached hydrogen (secondary N) is 1. The molecule has 7 nitrogen and oxygen atoms in total. The van der Waals surface area contributed by atoms with Crippen LogP contribution in [0, 0.1) is 5.92 Å². The Morgan fingerprint density at radius 1 is 1.32 bits per heavy atom. The van der Waals surface area contributed by atoms with Crippen molar-refractivity contribution in [3.63, 3.8) is 0 Å². The SMILES string of the molecule is CCn1c(N2CCC[C@@H](C(=O)Nc3nnc(C(C)C)s3)C2)nc2ccccc21. The number of fused-ring (bicyclic) bond motifs is 1. The molecule has 3 aromatic rings. The Hall–Kier alpha value is -2.48. The minimum Gasteiger partial charge on any atom is -0.341 e. The van der Waals surface area contributed by atoms with Crippen molar-refractivity contribution in [1.29, 1.82) is 0 Å². The van der Waals surface area contributed by atoms with Gasteiger partial charge in [-0.3, -0.25) is 4.79 Å². The van der Waals surface area contributed by atoms with E-state index in [0.717, 1.165) is 47.9 Å². The maximum atomic E-state index is 12.8. The summed E-state index contributed by atoms with van der Waals surface area (Å²) in [5.74, 6) is 1.22. The van der Waals surface area contributed by atoms with Crippen LogP contribution in [-0.4, -0.2) is 38.7 Å². The summed E-state index contributed by atoms with van der Waals surface area (Å²) < 4.78 is 2.23. The van der Waals surface area contributed by atoms with Gasteiger partial charge in [-0.15, -0.1) is 10.2 Å². The fraction of sp³-hybridized carbons (Fsp3) is 0.500.